The molecule has 0 bridgehead atoms. The first-order valence-electron chi connectivity index (χ1n) is 16.4. The monoisotopic (exact) mass is 688 g/mol. The number of pyridine rings is 1. The van der Waals surface area contributed by atoms with Crippen molar-refractivity contribution in [1.29, 1.82) is 5.26 Å². The molecule has 4 aliphatic rings. The van der Waals surface area contributed by atoms with Crippen LogP contribution in [0.2, 0.25) is 5.02 Å². The predicted octanol–water partition coefficient (Wildman–Crippen LogP) is 4.43. The van der Waals surface area contributed by atoms with Gasteiger partial charge < -0.3 is 20.3 Å². The molecule has 48 heavy (non-hydrogen) atoms. The lowest BCUT2D eigenvalue weighted by Crippen LogP contribution is -2.52. The van der Waals surface area contributed by atoms with E-state index in [-0.39, 0.29) is 24.3 Å². The summed E-state index contributed by atoms with van der Waals surface area (Å²) >= 11 is 8.06. The highest BCUT2D eigenvalue weighted by Crippen LogP contribution is 2.35. The van der Waals surface area contributed by atoms with Gasteiger partial charge in [0.1, 0.15) is 11.9 Å². The summed E-state index contributed by atoms with van der Waals surface area (Å²) < 4.78 is 5.44. The summed E-state index contributed by atoms with van der Waals surface area (Å²) in [6, 6.07) is 9.85. The molecule has 1 atom stereocenters. The first-order valence-corrected chi connectivity index (χ1v) is 17.7. The topological polar surface area (TPSA) is 153 Å². The fourth-order valence-electron chi connectivity index (χ4n) is 7.01. The smallest absolute Gasteiger partial charge is 0.255 e. The first kappa shape index (κ1) is 32.5. The van der Waals surface area contributed by atoms with E-state index in [2.05, 4.69) is 38.0 Å². The summed E-state index contributed by atoms with van der Waals surface area (Å²) in [6.45, 7) is 4.59. The molecule has 0 aliphatic carbocycles. The van der Waals surface area contributed by atoms with Gasteiger partial charge in [-0.2, -0.15) is 5.26 Å². The zero-order valence-electron chi connectivity index (χ0n) is 26.5. The van der Waals surface area contributed by atoms with E-state index in [1.807, 2.05) is 23.6 Å². The van der Waals surface area contributed by atoms with E-state index in [1.54, 1.807) is 11.1 Å². The summed E-state index contributed by atoms with van der Waals surface area (Å²) in [7, 11) is 0. The van der Waals surface area contributed by atoms with Crippen LogP contribution in [0.25, 0.3) is 11.3 Å². The number of ether oxygens (including phenoxy) is 1. The Morgan fingerprint density at radius 2 is 1.96 bits per heavy atom. The first-order chi connectivity index (χ1) is 23.3. The molecule has 14 heteroatoms. The third-order valence-corrected chi connectivity index (χ3v) is 11.0. The standard InChI is InChI=1S/C34H37ClN8O4S/c35-26-15-37-29(14-24(26)27-18-48-33(40-27)38-20-34(19-36)8-12-47-13-9-34)39-22-6-10-42(11-7-22)16-21-2-1-3-23-25(21)17-43(32(23)46)28-4-5-30(44)41-31(28)45/h1-3,14-15,18,22,28H,4-13,16-17,20H2,(H,37,39)(H,38,40)(H,41,44,45). The van der Waals surface area contributed by atoms with Gasteiger partial charge in [-0.25, -0.2) is 9.97 Å². The number of benzene rings is 1. The number of hydrogen-bond acceptors (Lipinski definition) is 11. The van der Waals surface area contributed by atoms with Crippen LogP contribution in [-0.4, -0.2) is 82.4 Å². The lowest BCUT2D eigenvalue weighted by molar-refractivity contribution is -0.136. The van der Waals surface area contributed by atoms with Crippen LogP contribution in [0.5, 0.6) is 0 Å². The van der Waals surface area contributed by atoms with E-state index < -0.39 is 17.4 Å². The van der Waals surface area contributed by atoms with E-state index in [0.717, 1.165) is 65.8 Å². The molecule has 12 nitrogen and oxygen atoms in total. The van der Waals surface area contributed by atoms with Crippen molar-refractivity contribution in [3.63, 3.8) is 0 Å². The third-order valence-electron chi connectivity index (χ3n) is 9.91. The molecule has 6 heterocycles. The second-order valence-corrected chi connectivity index (χ2v) is 14.2. The number of thiazole rings is 1. The molecule has 250 valence electrons. The average molecular weight is 689 g/mol. The minimum atomic E-state index is -0.618. The van der Waals surface area contributed by atoms with Crippen LogP contribution in [0.3, 0.4) is 0 Å². The van der Waals surface area contributed by atoms with Crippen LogP contribution >= 0.6 is 22.9 Å². The fourth-order valence-corrected chi connectivity index (χ4v) is 7.92. The average Bonchev–Trinajstić information content (AvgIpc) is 3.71. The SMILES string of the molecule is N#CC1(CNc2nc(-c3cc(NC4CCN(Cc5cccc6c5CN(C5CCC(=O)NC5=O)C6=O)CC4)ncc3Cl)cs2)CCOCC1. The minimum absolute atomic E-state index is 0.147. The van der Waals surface area contributed by atoms with Gasteiger partial charge in [-0.15, -0.1) is 11.3 Å². The Bertz CT molecular complexity index is 1760. The van der Waals surface area contributed by atoms with Gasteiger partial charge in [-0.3, -0.25) is 24.6 Å². The summed E-state index contributed by atoms with van der Waals surface area (Å²) in [5, 5.41) is 22.3. The zero-order valence-corrected chi connectivity index (χ0v) is 28.0. The lowest BCUT2D eigenvalue weighted by atomic mass is 9.82. The number of anilines is 2. The Balaban J connectivity index is 0.941. The summed E-state index contributed by atoms with van der Waals surface area (Å²) in [6.07, 6.45) is 5.51. The van der Waals surface area contributed by atoms with Crippen LogP contribution < -0.4 is 16.0 Å². The van der Waals surface area contributed by atoms with Crippen LogP contribution in [-0.2, 0) is 27.4 Å². The zero-order chi connectivity index (χ0) is 33.3. The van der Waals surface area contributed by atoms with Gasteiger partial charge in [0.15, 0.2) is 5.13 Å². The molecule has 3 aromatic rings. The van der Waals surface area contributed by atoms with Gasteiger partial charge >= 0.3 is 0 Å². The van der Waals surface area contributed by atoms with Gasteiger partial charge in [0.2, 0.25) is 11.8 Å². The number of nitrogens with one attached hydrogen (secondary N) is 3. The molecular weight excluding hydrogens is 652 g/mol. The molecule has 3 amide bonds. The van der Waals surface area contributed by atoms with E-state index in [1.165, 1.54) is 11.3 Å². The van der Waals surface area contributed by atoms with Gasteiger partial charge in [0, 0.05) is 81.1 Å². The molecule has 1 unspecified atom stereocenters. The Morgan fingerprint density at radius 3 is 2.73 bits per heavy atom. The van der Waals surface area contributed by atoms with Crippen molar-refractivity contribution in [2.45, 2.75) is 63.7 Å². The van der Waals surface area contributed by atoms with Gasteiger partial charge in [-0.05, 0) is 55.4 Å². The van der Waals surface area contributed by atoms with Crippen LogP contribution in [0.4, 0.5) is 10.9 Å². The number of hydrogen-bond donors (Lipinski definition) is 3. The van der Waals surface area contributed by atoms with Crippen molar-refractivity contribution < 1.29 is 19.1 Å². The normalized spacial score (nSPS) is 21.5. The van der Waals surface area contributed by atoms with Crippen molar-refractivity contribution in [3.05, 3.63) is 57.6 Å². The summed E-state index contributed by atoms with van der Waals surface area (Å²) in [4.78, 5) is 50.7. The molecule has 3 saturated heterocycles. The number of nitriles is 1. The number of nitrogens with zero attached hydrogens (tertiary/aromatic N) is 5. The molecule has 0 spiro atoms. The van der Waals surface area contributed by atoms with Gasteiger partial charge in [-0.1, -0.05) is 23.7 Å². The number of rotatable bonds is 9. The Hall–Kier alpha value is -4.09. The van der Waals surface area contributed by atoms with Crippen molar-refractivity contribution in [1.82, 2.24) is 25.1 Å². The Kier molecular flexibility index (Phi) is 9.33. The molecule has 1 aromatic carbocycles. The number of likely N-dealkylation sites (tertiary alicyclic amines) is 1. The molecule has 4 aliphatic heterocycles. The molecule has 3 fully saturated rings. The number of carbonyl (C=O) groups is 3. The number of fused-ring (bicyclic) bond motifs is 1. The second-order valence-electron chi connectivity index (χ2n) is 13.0. The van der Waals surface area contributed by atoms with Crippen LogP contribution in [0.1, 0.15) is 60.0 Å². The minimum Gasteiger partial charge on any atom is -0.381 e. The highest BCUT2D eigenvalue weighted by Gasteiger charge is 2.40. The van der Waals surface area contributed by atoms with E-state index >= 15 is 0 Å². The number of piperidine rings is 2. The van der Waals surface area contributed by atoms with Crippen molar-refractivity contribution >= 4 is 51.6 Å². The van der Waals surface area contributed by atoms with Gasteiger partial charge in [0.05, 0.1) is 22.2 Å². The number of amides is 3. The number of imide groups is 1. The maximum absolute atomic E-state index is 13.2. The van der Waals surface area contributed by atoms with E-state index in [4.69, 9.17) is 21.3 Å². The van der Waals surface area contributed by atoms with E-state index in [0.29, 0.717) is 56.2 Å². The third kappa shape index (κ3) is 6.75. The molecule has 0 radical (unpaired) electrons. The predicted molar refractivity (Wildman–Crippen MR) is 181 cm³/mol. The quantitative estimate of drug-likeness (QED) is 0.275. The van der Waals surface area contributed by atoms with Crippen molar-refractivity contribution in [2.24, 2.45) is 5.41 Å². The summed E-state index contributed by atoms with van der Waals surface area (Å²) in [5.41, 5.74) is 3.83. The largest absolute Gasteiger partial charge is 0.381 e. The molecule has 2 aromatic heterocycles. The second kappa shape index (κ2) is 13.8. The summed E-state index contributed by atoms with van der Waals surface area (Å²) in [5.74, 6) is -0.0830. The highest BCUT2D eigenvalue weighted by molar-refractivity contribution is 7.14. The Morgan fingerprint density at radius 1 is 1.15 bits per heavy atom. The van der Waals surface area contributed by atoms with Crippen molar-refractivity contribution in [3.8, 4) is 17.3 Å². The van der Waals surface area contributed by atoms with Gasteiger partial charge in [0.25, 0.3) is 5.91 Å². The number of aromatic nitrogens is 2. The fraction of sp³-hybridized carbons (Fsp3) is 0.471. The molecule has 7 rings (SSSR count). The van der Waals surface area contributed by atoms with Crippen molar-refractivity contribution in [2.75, 3.05) is 43.5 Å². The number of halogens is 1. The number of carbonyl (C=O) groups excluding carboxylic acids is 3. The molecule has 3 N–H and O–H groups in total. The Labute approximate surface area is 287 Å². The van der Waals surface area contributed by atoms with E-state index in [9.17, 15) is 19.6 Å². The highest BCUT2D eigenvalue weighted by atomic mass is 35.5. The van der Waals surface area contributed by atoms with Crippen LogP contribution in [0.15, 0.2) is 35.8 Å². The lowest BCUT2D eigenvalue weighted by Gasteiger charge is -2.33. The molecule has 0 saturated carbocycles. The molecular formula is C34H37ClN8O4S. The maximum Gasteiger partial charge on any atom is 0.255 e. The maximum atomic E-state index is 13.2. The van der Waals surface area contributed by atoms with Crippen LogP contribution in [0, 0.1) is 16.7 Å².